The number of hydrogen-bond donors (Lipinski definition) is 2. The molecule has 0 radical (unpaired) electrons. The van der Waals surface area contributed by atoms with Crippen molar-refractivity contribution >= 4 is 19.7 Å². The van der Waals surface area contributed by atoms with E-state index in [-0.39, 0.29) is 25.1 Å². The van der Waals surface area contributed by atoms with Crippen molar-refractivity contribution in [1.29, 1.82) is 0 Å². The summed E-state index contributed by atoms with van der Waals surface area (Å²) in [5.74, 6) is -0.487. The third-order valence-electron chi connectivity index (χ3n) is 14.9. The number of ether oxygens (including phenoxy) is 1. The van der Waals surface area contributed by atoms with Gasteiger partial charge in [-0.1, -0.05) is 283 Å². The lowest BCUT2D eigenvalue weighted by molar-refractivity contribution is -0.870. The van der Waals surface area contributed by atoms with Crippen LogP contribution in [-0.4, -0.2) is 74.3 Å². The van der Waals surface area contributed by atoms with Crippen LogP contribution in [0.1, 0.15) is 329 Å². The molecule has 0 heterocycles. The molecule has 3 unspecified atom stereocenters. The van der Waals surface area contributed by atoms with E-state index in [1.54, 1.807) is 0 Å². The first-order valence-corrected chi connectivity index (χ1v) is 34.2. The Bertz CT molecular complexity index is 1340. The highest BCUT2D eigenvalue weighted by molar-refractivity contribution is 7.47. The summed E-state index contributed by atoms with van der Waals surface area (Å²) in [6.45, 7) is 7.05. The minimum absolute atomic E-state index is 0.0441. The number of esters is 1. The van der Waals surface area contributed by atoms with Crippen molar-refractivity contribution in [2.24, 2.45) is 0 Å². The first-order valence-electron chi connectivity index (χ1n) is 32.7. The maximum atomic E-state index is 13.6. The number of quaternary nitrogens is 1. The molecule has 0 aromatic heterocycles. The Morgan fingerprint density at radius 2 is 0.773 bits per heavy atom. The fourth-order valence-electron chi connectivity index (χ4n) is 9.82. The highest BCUT2D eigenvalue weighted by Gasteiger charge is 2.30. The minimum Gasteiger partial charge on any atom is -0.456 e. The van der Waals surface area contributed by atoms with E-state index in [1.165, 1.54) is 238 Å². The summed E-state index contributed by atoms with van der Waals surface area (Å²) >= 11 is 0. The molecule has 0 aromatic rings. The number of nitrogens with zero attached hydrogens (tertiary/aromatic N) is 1. The van der Waals surface area contributed by atoms with Gasteiger partial charge in [0, 0.05) is 12.8 Å². The van der Waals surface area contributed by atoms with Gasteiger partial charge in [0.25, 0.3) is 0 Å². The van der Waals surface area contributed by atoms with E-state index in [4.69, 9.17) is 13.8 Å². The molecule has 1 amide bonds. The molecule has 0 aromatic carbocycles. The predicted molar refractivity (Wildman–Crippen MR) is 323 cm³/mol. The van der Waals surface area contributed by atoms with Crippen LogP contribution in [0, 0.1) is 0 Å². The van der Waals surface area contributed by atoms with Gasteiger partial charge >= 0.3 is 13.8 Å². The normalized spacial score (nSPS) is 13.7. The lowest BCUT2D eigenvalue weighted by Gasteiger charge is -2.27. The average Bonchev–Trinajstić information content (AvgIpc) is 3.37. The molecular formula is C65H128N2O7P+. The standard InChI is InChI=1S/C65H127N2O7P/c1-7-10-13-16-19-22-25-27-29-30-31-32-33-34-35-36-38-39-42-45-48-51-54-57-64(68)66-62(61-73-75(70,71)72-60-59-67(4,5)6)63(56-53-50-47-44-41-24-21-18-15-12-9-3)74-65(69)58-55-52-49-46-43-40-37-28-26-23-20-17-14-11-8-2/h27,29,53,56,62-63H,7-26,28,30-52,54-55,57-61H2,1-6H3,(H-,66,68,70,71)/p+1/b29-27+,56-53-. The molecule has 0 saturated heterocycles. The molecule has 0 aliphatic carbocycles. The molecule has 9 nitrogen and oxygen atoms in total. The lowest BCUT2D eigenvalue weighted by atomic mass is 10.0. The van der Waals surface area contributed by atoms with Crippen LogP contribution < -0.4 is 5.32 Å². The third kappa shape index (κ3) is 57.0. The quantitative estimate of drug-likeness (QED) is 0.0205. The number of phosphoric acid groups is 1. The van der Waals surface area contributed by atoms with E-state index in [1.807, 2.05) is 33.3 Å². The van der Waals surface area contributed by atoms with Gasteiger partial charge in [-0.05, 0) is 57.4 Å². The third-order valence-corrected chi connectivity index (χ3v) is 15.9. The number of carbonyl (C=O) groups excluding carboxylic acids is 2. The van der Waals surface area contributed by atoms with Crippen molar-refractivity contribution in [2.75, 3.05) is 40.9 Å². The number of rotatable bonds is 60. The first-order chi connectivity index (χ1) is 36.4. The molecule has 0 fully saturated rings. The van der Waals surface area contributed by atoms with Gasteiger partial charge < -0.3 is 19.4 Å². The molecule has 0 saturated carbocycles. The number of phosphoric ester groups is 1. The van der Waals surface area contributed by atoms with E-state index in [9.17, 15) is 19.0 Å². The summed E-state index contributed by atoms with van der Waals surface area (Å²) < 4.78 is 30.7. The summed E-state index contributed by atoms with van der Waals surface area (Å²) in [6.07, 6.45) is 66.1. The summed E-state index contributed by atoms with van der Waals surface area (Å²) in [4.78, 5) is 37.7. The molecule has 0 bridgehead atoms. The Hall–Kier alpha value is -1.51. The van der Waals surface area contributed by atoms with Gasteiger partial charge in [-0.25, -0.2) is 4.57 Å². The molecular weight excluding hydrogens is 952 g/mol. The van der Waals surface area contributed by atoms with E-state index in [0.717, 1.165) is 57.8 Å². The summed E-state index contributed by atoms with van der Waals surface area (Å²) in [7, 11) is 1.51. The maximum Gasteiger partial charge on any atom is 0.472 e. The molecule has 3 atom stereocenters. The summed E-state index contributed by atoms with van der Waals surface area (Å²) in [6, 6.07) is -0.842. The first kappa shape index (κ1) is 73.5. The van der Waals surface area contributed by atoms with Gasteiger partial charge in [0.15, 0.2) is 0 Å². The van der Waals surface area contributed by atoms with Gasteiger partial charge in [-0.15, -0.1) is 0 Å². The predicted octanol–water partition coefficient (Wildman–Crippen LogP) is 20.1. The number of unbranched alkanes of at least 4 members (excludes halogenated alkanes) is 42. The molecule has 0 spiro atoms. The topological polar surface area (TPSA) is 111 Å². The zero-order chi connectivity index (χ0) is 55.0. The summed E-state index contributed by atoms with van der Waals surface area (Å²) in [5, 5.41) is 3.07. The van der Waals surface area contributed by atoms with Gasteiger partial charge in [0.05, 0.1) is 33.8 Å². The van der Waals surface area contributed by atoms with Gasteiger partial charge in [0.2, 0.25) is 5.91 Å². The molecule has 0 rings (SSSR count). The Morgan fingerprint density at radius 1 is 0.453 bits per heavy atom. The zero-order valence-corrected chi connectivity index (χ0v) is 51.7. The number of allylic oxidation sites excluding steroid dienone is 3. The summed E-state index contributed by atoms with van der Waals surface area (Å²) in [5.41, 5.74) is 0. The SMILES string of the molecule is CCCCCCCC/C=C/CCCCCCCCCCCCCCCC(=O)NC(COP(=O)(O)OCC[N+](C)(C)C)C(/C=C\CCCCCCCCCCC)OC(=O)CCCCCCCCCCCCCCCCC. The number of hydrogen-bond acceptors (Lipinski definition) is 6. The van der Waals surface area contributed by atoms with Crippen LogP contribution in [0.4, 0.5) is 0 Å². The fourth-order valence-corrected chi connectivity index (χ4v) is 10.6. The number of nitrogens with one attached hydrogen (secondary N) is 1. The van der Waals surface area contributed by atoms with Crippen LogP contribution in [0.3, 0.4) is 0 Å². The Kier molecular flexibility index (Phi) is 54.7. The largest absolute Gasteiger partial charge is 0.472 e. The average molecular weight is 1080 g/mol. The number of likely N-dealkylation sites (N-methyl/N-ethyl adjacent to an activating group) is 1. The lowest BCUT2D eigenvalue weighted by Crippen LogP contribution is -2.47. The van der Waals surface area contributed by atoms with Gasteiger partial charge in [0.1, 0.15) is 19.3 Å². The minimum atomic E-state index is -4.44. The van der Waals surface area contributed by atoms with Crippen LogP contribution in [0.2, 0.25) is 0 Å². The molecule has 0 aliphatic rings. The molecule has 2 N–H and O–H groups in total. The van der Waals surface area contributed by atoms with E-state index >= 15 is 0 Å². The van der Waals surface area contributed by atoms with Gasteiger partial charge in [-0.3, -0.25) is 18.6 Å². The maximum absolute atomic E-state index is 13.6. The highest BCUT2D eigenvalue weighted by Crippen LogP contribution is 2.43. The van der Waals surface area contributed by atoms with Crippen LogP contribution in [-0.2, 0) is 27.9 Å². The molecule has 10 heteroatoms. The van der Waals surface area contributed by atoms with Crippen molar-refractivity contribution in [3.05, 3.63) is 24.3 Å². The smallest absolute Gasteiger partial charge is 0.456 e. The van der Waals surface area contributed by atoms with E-state index in [0.29, 0.717) is 23.9 Å². The Balaban J connectivity index is 5.07. The monoisotopic (exact) mass is 1080 g/mol. The van der Waals surface area contributed by atoms with Crippen molar-refractivity contribution in [1.82, 2.24) is 5.32 Å². The van der Waals surface area contributed by atoms with Crippen molar-refractivity contribution in [3.8, 4) is 0 Å². The Labute approximate surface area is 466 Å². The van der Waals surface area contributed by atoms with E-state index in [2.05, 4.69) is 38.2 Å². The van der Waals surface area contributed by atoms with E-state index < -0.39 is 20.0 Å². The van der Waals surface area contributed by atoms with Crippen LogP contribution in [0.15, 0.2) is 24.3 Å². The second-order valence-corrected chi connectivity index (χ2v) is 25.1. The Morgan fingerprint density at radius 3 is 1.13 bits per heavy atom. The van der Waals surface area contributed by atoms with Crippen molar-refractivity contribution in [2.45, 2.75) is 341 Å². The molecule has 444 valence electrons. The zero-order valence-electron chi connectivity index (χ0n) is 50.8. The number of amides is 1. The highest BCUT2D eigenvalue weighted by atomic mass is 31.2. The number of carbonyl (C=O) groups is 2. The second kappa shape index (κ2) is 55.8. The molecule has 75 heavy (non-hydrogen) atoms. The van der Waals surface area contributed by atoms with Crippen LogP contribution >= 0.6 is 7.82 Å². The van der Waals surface area contributed by atoms with Crippen molar-refractivity contribution < 1.29 is 37.3 Å². The fraction of sp³-hybridized carbons (Fsp3) is 0.908. The van der Waals surface area contributed by atoms with Gasteiger partial charge in [-0.2, -0.15) is 0 Å². The second-order valence-electron chi connectivity index (χ2n) is 23.6. The van der Waals surface area contributed by atoms with Crippen LogP contribution in [0.25, 0.3) is 0 Å². The molecule has 0 aliphatic heterocycles. The van der Waals surface area contributed by atoms with Crippen molar-refractivity contribution in [3.63, 3.8) is 0 Å². The van der Waals surface area contributed by atoms with Crippen LogP contribution in [0.5, 0.6) is 0 Å².